The highest BCUT2D eigenvalue weighted by molar-refractivity contribution is 6.30. The summed E-state index contributed by atoms with van der Waals surface area (Å²) in [6, 6.07) is 8.28. The lowest BCUT2D eigenvalue weighted by molar-refractivity contribution is -0.117. The zero-order valence-electron chi connectivity index (χ0n) is 12.7. The maximum atomic E-state index is 12.0. The first-order valence-corrected chi connectivity index (χ1v) is 8.23. The van der Waals surface area contributed by atoms with Crippen LogP contribution >= 0.6 is 11.6 Å². The summed E-state index contributed by atoms with van der Waals surface area (Å²) in [4.78, 5) is 12.0. The average molecular weight is 306 g/mol. The van der Waals surface area contributed by atoms with E-state index in [2.05, 4.69) is 5.32 Å². The molecule has 0 saturated heterocycles. The third-order valence-corrected chi connectivity index (χ3v) is 4.30. The van der Waals surface area contributed by atoms with Gasteiger partial charge in [-0.25, -0.2) is 0 Å². The molecule has 114 valence electrons. The minimum absolute atomic E-state index is 0.0653. The smallest absolute Gasteiger partial charge is 0.244 e. The highest BCUT2D eigenvalue weighted by Crippen LogP contribution is 2.17. The Labute approximate surface area is 132 Å². The third kappa shape index (κ3) is 5.92. The molecule has 1 fully saturated rings. The molecule has 1 N–H and O–H groups in total. The molecule has 3 heteroatoms. The van der Waals surface area contributed by atoms with Gasteiger partial charge in [0.25, 0.3) is 0 Å². The number of amides is 1. The highest BCUT2D eigenvalue weighted by Gasteiger charge is 2.14. The molecule has 1 aliphatic rings. The van der Waals surface area contributed by atoms with E-state index >= 15 is 0 Å². The number of aryl methyl sites for hydroxylation is 1. The van der Waals surface area contributed by atoms with Crippen molar-refractivity contribution in [3.8, 4) is 0 Å². The number of carbonyl (C=O) groups excluding carboxylic acids is 1. The number of hydrogen-bond acceptors (Lipinski definition) is 1. The first-order valence-electron chi connectivity index (χ1n) is 7.85. The fourth-order valence-corrected chi connectivity index (χ4v) is 2.90. The molecular weight excluding hydrogens is 282 g/mol. The van der Waals surface area contributed by atoms with Gasteiger partial charge in [0.05, 0.1) is 0 Å². The van der Waals surface area contributed by atoms with E-state index in [4.69, 9.17) is 11.6 Å². The first kappa shape index (κ1) is 16.1. The van der Waals surface area contributed by atoms with Crippen LogP contribution in [0.3, 0.4) is 0 Å². The molecule has 1 aliphatic carbocycles. The number of halogens is 1. The van der Waals surface area contributed by atoms with Gasteiger partial charge in [-0.2, -0.15) is 0 Å². The molecule has 2 rings (SSSR count). The topological polar surface area (TPSA) is 29.1 Å². The first-order chi connectivity index (χ1) is 10.1. The van der Waals surface area contributed by atoms with Gasteiger partial charge in [0.15, 0.2) is 0 Å². The van der Waals surface area contributed by atoms with Crippen LogP contribution in [0.25, 0.3) is 0 Å². The molecule has 0 aliphatic heterocycles. The Hall–Kier alpha value is -1.28. The summed E-state index contributed by atoms with van der Waals surface area (Å²) in [6.07, 6.45) is 9.64. The quantitative estimate of drug-likeness (QED) is 0.787. The number of allylic oxidation sites excluding steroid dienone is 1. The molecule has 0 aromatic heterocycles. The SMILES string of the molecule is CC(=CC(=O)NC1CCCCC1)CCc1ccc(Cl)cc1. The molecule has 0 spiro atoms. The van der Waals surface area contributed by atoms with Gasteiger partial charge in [0.2, 0.25) is 5.91 Å². The molecule has 1 amide bonds. The lowest BCUT2D eigenvalue weighted by atomic mass is 9.95. The molecule has 0 heterocycles. The summed E-state index contributed by atoms with van der Waals surface area (Å²) in [5.41, 5.74) is 2.37. The molecule has 0 unspecified atom stereocenters. The van der Waals surface area contributed by atoms with Crippen LogP contribution in [-0.2, 0) is 11.2 Å². The van der Waals surface area contributed by atoms with Crippen molar-refractivity contribution < 1.29 is 4.79 Å². The summed E-state index contributed by atoms with van der Waals surface area (Å²) in [6.45, 7) is 2.02. The second kappa shape index (κ2) is 8.23. The van der Waals surface area contributed by atoms with Crippen LogP contribution in [0.15, 0.2) is 35.9 Å². The fourth-order valence-electron chi connectivity index (χ4n) is 2.78. The normalized spacial score (nSPS) is 16.8. The van der Waals surface area contributed by atoms with Crippen LogP contribution in [0.1, 0.15) is 51.0 Å². The predicted molar refractivity (Wildman–Crippen MR) is 88.5 cm³/mol. The van der Waals surface area contributed by atoms with E-state index in [1.807, 2.05) is 31.2 Å². The van der Waals surface area contributed by atoms with E-state index < -0.39 is 0 Å². The van der Waals surface area contributed by atoms with Crippen LogP contribution in [-0.4, -0.2) is 11.9 Å². The van der Waals surface area contributed by atoms with E-state index in [9.17, 15) is 4.79 Å². The molecule has 1 aromatic rings. The Morgan fingerprint density at radius 1 is 1.24 bits per heavy atom. The average Bonchev–Trinajstić information content (AvgIpc) is 2.47. The molecule has 0 atom stereocenters. The maximum absolute atomic E-state index is 12.0. The van der Waals surface area contributed by atoms with Crippen molar-refractivity contribution in [1.29, 1.82) is 0 Å². The van der Waals surface area contributed by atoms with Crippen LogP contribution in [0, 0.1) is 0 Å². The van der Waals surface area contributed by atoms with Crippen molar-refractivity contribution in [3.63, 3.8) is 0 Å². The number of hydrogen-bond donors (Lipinski definition) is 1. The van der Waals surface area contributed by atoms with Gasteiger partial charge in [0, 0.05) is 17.1 Å². The Kier molecular flexibility index (Phi) is 6.31. The lowest BCUT2D eigenvalue weighted by Gasteiger charge is -2.22. The van der Waals surface area contributed by atoms with Crippen LogP contribution in [0.4, 0.5) is 0 Å². The molecule has 2 nitrogen and oxygen atoms in total. The van der Waals surface area contributed by atoms with Gasteiger partial charge >= 0.3 is 0 Å². The van der Waals surface area contributed by atoms with Gasteiger partial charge in [0.1, 0.15) is 0 Å². The van der Waals surface area contributed by atoms with Crippen molar-refractivity contribution in [2.45, 2.75) is 57.9 Å². The number of benzene rings is 1. The van der Waals surface area contributed by atoms with Crippen LogP contribution < -0.4 is 5.32 Å². The van der Waals surface area contributed by atoms with Crippen LogP contribution in [0.5, 0.6) is 0 Å². The molecule has 0 bridgehead atoms. The van der Waals surface area contributed by atoms with E-state index in [0.29, 0.717) is 6.04 Å². The molecule has 1 aromatic carbocycles. The standard InChI is InChI=1S/C18H24ClNO/c1-14(7-8-15-9-11-16(19)12-10-15)13-18(21)20-17-5-3-2-4-6-17/h9-13,17H,2-8H2,1H3,(H,20,21). The maximum Gasteiger partial charge on any atom is 0.244 e. The predicted octanol–water partition coefficient (Wildman–Crippen LogP) is 4.67. The van der Waals surface area contributed by atoms with Gasteiger partial charge in [-0.3, -0.25) is 4.79 Å². The zero-order valence-corrected chi connectivity index (χ0v) is 13.5. The van der Waals surface area contributed by atoms with Crippen molar-refractivity contribution in [3.05, 3.63) is 46.5 Å². The van der Waals surface area contributed by atoms with E-state index in [1.54, 1.807) is 6.08 Å². The fraction of sp³-hybridized carbons (Fsp3) is 0.500. The number of carbonyl (C=O) groups is 1. The second-order valence-corrected chi connectivity index (χ2v) is 6.40. The second-order valence-electron chi connectivity index (χ2n) is 5.96. The summed E-state index contributed by atoms with van der Waals surface area (Å²) in [5.74, 6) is 0.0653. The van der Waals surface area contributed by atoms with Crippen molar-refractivity contribution >= 4 is 17.5 Å². The van der Waals surface area contributed by atoms with Gasteiger partial charge in [-0.15, -0.1) is 0 Å². The molecule has 21 heavy (non-hydrogen) atoms. The van der Waals surface area contributed by atoms with E-state index in [-0.39, 0.29) is 5.91 Å². The molecular formula is C18H24ClNO. The zero-order chi connectivity index (χ0) is 15.1. The van der Waals surface area contributed by atoms with E-state index in [1.165, 1.54) is 24.8 Å². The van der Waals surface area contributed by atoms with Crippen molar-refractivity contribution in [2.75, 3.05) is 0 Å². The number of nitrogens with one attached hydrogen (secondary N) is 1. The van der Waals surface area contributed by atoms with Crippen molar-refractivity contribution in [2.24, 2.45) is 0 Å². The monoisotopic (exact) mass is 305 g/mol. The summed E-state index contributed by atoms with van der Waals surface area (Å²) in [5, 5.41) is 3.88. The van der Waals surface area contributed by atoms with E-state index in [0.717, 1.165) is 36.3 Å². The Balaban J connectivity index is 1.77. The minimum atomic E-state index is 0.0653. The highest BCUT2D eigenvalue weighted by atomic mass is 35.5. The summed E-state index contributed by atoms with van der Waals surface area (Å²) >= 11 is 5.87. The Morgan fingerprint density at radius 2 is 1.90 bits per heavy atom. The minimum Gasteiger partial charge on any atom is -0.350 e. The third-order valence-electron chi connectivity index (χ3n) is 4.05. The Morgan fingerprint density at radius 3 is 2.57 bits per heavy atom. The van der Waals surface area contributed by atoms with Crippen LogP contribution in [0.2, 0.25) is 5.02 Å². The van der Waals surface area contributed by atoms with Crippen molar-refractivity contribution in [1.82, 2.24) is 5.32 Å². The Bertz CT molecular complexity index is 486. The largest absolute Gasteiger partial charge is 0.350 e. The summed E-state index contributed by atoms with van der Waals surface area (Å²) in [7, 11) is 0. The van der Waals surface area contributed by atoms with Gasteiger partial charge in [-0.1, -0.05) is 48.6 Å². The summed E-state index contributed by atoms with van der Waals surface area (Å²) < 4.78 is 0. The lowest BCUT2D eigenvalue weighted by Crippen LogP contribution is -2.35. The number of rotatable bonds is 5. The molecule has 1 saturated carbocycles. The molecule has 0 radical (unpaired) electrons. The van der Waals surface area contributed by atoms with Gasteiger partial charge < -0.3 is 5.32 Å². The van der Waals surface area contributed by atoms with Gasteiger partial charge in [-0.05, 0) is 50.3 Å².